The molecule has 2 heterocycles. The highest BCUT2D eigenvalue weighted by Crippen LogP contribution is 2.03. The SMILES string of the molecule is O=C(O)c1ccc2cccn2n1. The van der Waals surface area contributed by atoms with Gasteiger partial charge in [-0.1, -0.05) is 0 Å². The van der Waals surface area contributed by atoms with Gasteiger partial charge in [0.15, 0.2) is 5.69 Å². The quantitative estimate of drug-likeness (QED) is 0.681. The van der Waals surface area contributed by atoms with Crippen molar-refractivity contribution in [2.24, 2.45) is 0 Å². The van der Waals surface area contributed by atoms with Crippen molar-refractivity contribution in [3.05, 3.63) is 36.2 Å². The maximum Gasteiger partial charge on any atom is 0.356 e. The molecule has 12 heavy (non-hydrogen) atoms. The van der Waals surface area contributed by atoms with Crippen LogP contribution in [0.2, 0.25) is 0 Å². The van der Waals surface area contributed by atoms with E-state index in [-0.39, 0.29) is 5.69 Å². The molecule has 0 unspecified atom stereocenters. The highest BCUT2D eigenvalue weighted by Gasteiger charge is 2.03. The molecule has 0 radical (unpaired) electrons. The van der Waals surface area contributed by atoms with Crippen molar-refractivity contribution in [1.29, 1.82) is 0 Å². The zero-order chi connectivity index (χ0) is 8.55. The van der Waals surface area contributed by atoms with E-state index in [0.717, 1.165) is 5.52 Å². The molecule has 0 bridgehead atoms. The molecule has 2 rings (SSSR count). The molecule has 2 aromatic rings. The third kappa shape index (κ3) is 0.934. The normalized spacial score (nSPS) is 10.3. The second-order valence-corrected chi connectivity index (χ2v) is 2.40. The summed E-state index contributed by atoms with van der Waals surface area (Å²) in [7, 11) is 0. The van der Waals surface area contributed by atoms with Gasteiger partial charge in [-0.05, 0) is 24.3 Å². The lowest BCUT2D eigenvalue weighted by Gasteiger charge is -1.94. The molecule has 0 aliphatic heterocycles. The predicted molar refractivity (Wildman–Crippen MR) is 42.2 cm³/mol. The van der Waals surface area contributed by atoms with Crippen LogP contribution in [0.15, 0.2) is 30.5 Å². The minimum Gasteiger partial charge on any atom is -0.476 e. The Hall–Kier alpha value is -1.84. The number of carboxylic acids is 1. The summed E-state index contributed by atoms with van der Waals surface area (Å²) >= 11 is 0. The summed E-state index contributed by atoms with van der Waals surface area (Å²) in [5.41, 5.74) is 0.943. The van der Waals surface area contributed by atoms with Gasteiger partial charge in [-0.3, -0.25) is 0 Å². The van der Waals surface area contributed by atoms with Crippen LogP contribution in [0.3, 0.4) is 0 Å². The van der Waals surface area contributed by atoms with Gasteiger partial charge in [-0.2, -0.15) is 5.10 Å². The highest BCUT2D eigenvalue weighted by atomic mass is 16.4. The van der Waals surface area contributed by atoms with E-state index in [9.17, 15) is 4.79 Å². The van der Waals surface area contributed by atoms with Gasteiger partial charge in [0.1, 0.15) is 0 Å². The van der Waals surface area contributed by atoms with Crippen molar-refractivity contribution in [3.63, 3.8) is 0 Å². The minimum absolute atomic E-state index is 0.0544. The number of aromatic nitrogens is 2. The Morgan fingerprint density at radius 2 is 2.25 bits per heavy atom. The van der Waals surface area contributed by atoms with Crippen LogP contribution in [0.5, 0.6) is 0 Å². The first-order chi connectivity index (χ1) is 5.77. The van der Waals surface area contributed by atoms with Crippen molar-refractivity contribution in [1.82, 2.24) is 9.61 Å². The molecule has 0 saturated heterocycles. The number of carboxylic acid groups (broad SMARTS) is 1. The Labute approximate surface area is 68.1 Å². The molecule has 1 N–H and O–H groups in total. The molecular formula is C8H6N2O2. The maximum absolute atomic E-state index is 10.5. The summed E-state index contributed by atoms with van der Waals surface area (Å²) in [5.74, 6) is -1.01. The van der Waals surface area contributed by atoms with Crippen molar-refractivity contribution >= 4 is 11.5 Å². The number of hydrogen-bond acceptors (Lipinski definition) is 2. The van der Waals surface area contributed by atoms with Gasteiger partial charge in [-0.25, -0.2) is 9.31 Å². The number of rotatable bonds is 1. The van der Waals surface area contributed by atoms with E-state index in [0.29, 0.717) is 0 Å². The molecule has 0 fully saturated rings. The number of aromatic carboxylic acids is 1. The zero-order valence-corrected chi connectivity index (χ0v) is 6.14. The van der Waals surface area contributed by atoms with E-state index in [1.54, 1.807) is 12.3 Å². The fourth-order valence-corrected chi connectivity index (χ4v) is 1.04. The van der Waals surface area contributed by atoms with Gasteiger partial charge in [0.05, 0.1) is 5.52 Å². The van der Waals surface area contributed by atoms with E-state index >= 15 is 0 Å². The summed E-state index contributed by atoms with van der Waals surface area (Å²) in [5, 5.41) is 12.5. The number of fused-ring (bicyclic) bond motifs is 1. The van der Waals surface area contributed by atoms with E-state index in [2.05, 4.69) is 5.10 Å². The lowest BCUT2D eigenvalue weighted by molar-refractivity contribution is 0.0689. The van der Waals surface area contributed by atoms with Crippen molar-refractivity contribution in [2.75, 3.05) is 0 Å². The number of carbonyl (C=O) groups is 1. The lowest BCUT2D eigenvalue weighted by atomic mass is 10.4. The van der Waals surface area contributed by atoms with Gasteiger partial charge in [0, 0.05) is 6.20 Å². The lowest BCUT2D eigenvalue weighted by Crippen LogP contribution is -2.03. The predicted octanol–water partition coefficient (Wildman–Crippen LogP) is 1.03. The summed E-state index contributed by atoms with van der Waals surface area (Å²) in [6.07, 6.45) is 1.71. The molecule has 60 valence electrons. The highest BCUT2D eigenvalue weighted by molar-refractivity contribution is 5.85. The molecule has 0 aromatic carbocycles. The largest absolute Gasteiger partial charge is 0.476 e. The van der Waals surface area contributed by atoms with Gasteiger partial charge in [-0.15, -0.1) is 0 Å². The first-order valence-electron chi connectivity index (χ1n) is 3.45. The number of nitrogens with zero attached hydrogens (tertiary/aromatic N) is 2. The molecular weight excluding hydrogens is 156 g/mol. The zero-order valence-electron chi connectivity index (χ0n) is 6.14. The van der Waals surface area contributed by atoms with Crippen molar-refractivity contribution < 1.29 is 9.90 Å². The topological polar surface area (TPSA) is 54.6 Å². The van der Waals surface area contributed by atoms with Crippen LogP contribution in [0, 0.1) is 0 Å². The van der Waals surface area contributed by atoms with E-state index in [1.165, 1.54) is 10.6 Å². The molecule has 0 amide bonds. The van der Waals surface area contributed by atoms with Gasteiger partial charge >= 0.3 is 5.97 Å². The fourth-order valence-electron chi connectivity index (χ4n) is 1.04. The summed E-state index contributed by atoms with van der Waals surface area (Å²) in [6.45, 7) is 0. The van der Waals surface area contributed by atoms with Crippen LogP contribution in [-0.2, 0) is 0 Å². The summed E-state index contributed by atoms with van der Waals surface area (Å²) in [6, 6.07) is 6.88. The van der Waals surface area contributed by atoms with Crippen molar-refractivity contribution in [3.8, 4) is 0 Å². The Morgan fingerprint density at radius 1 is 1.42 bits per heavy atom. The van der Waals surface area contributed by atoms with E-state index in [4.69, 9.17) is 5.11 Å². The minimum atomic E-state index is -1.01. The standard InChI is InChI=1S/C8H6N2O2/c11-8(12)7-4-3-6-2-1-5-10(6)9-7/h1-5H,(H,11,12). The molecule has 0 saturated carbocycles. The molecule has 0 aliphatic rings. The third-order valence-corrected chi connectivity index (χ3v) is 1.61. The second kappa shape index (κ2) is 2.34. The van der Waals surface area contributed by atoms with Crippen LogP contribution in [0.25, 0.3) is 5.52 Å². The third-order valence-electron chi connectivity index (χ3n) is 1.61. The first kappa shape index (κ1) is 6.84. The van der Waals surface area contributed by atoms with Gasteiger partial charge in [0.25, 0.3) is 0 Å². The van der Waals surface area contributed by atoms with Gasteiger partial charge < -0.3 is 5.11 Å². The first-order valence-corrected chi connectivity index (χ1v) is 3.45. The Balaban J connectivity index is 2.68. The smallest absolute Gasteiger partial charge is 0.356 e. The molecule has 0 spiro atoms. The molecule has 2 aromatic heterocycles. The summed E-state index contributed by atoms with van der Waals surface area (Å²) in [4.78, 5) is 10.5. The monoisotopic (exact) mass is 162 g/mol. The van der Waals surface area contributed by atoms with Crippen LogP contribution in [-0.4, -0.2) is 20.7 Å². The van der Waals surface area contributed by atoms with E-state index < -0.39 is 5.97 Å². The van der Waals surface area contributed by atoms with Crippen LogP contribution in [0.4, 0.5) is 0 Å². The Kier molecular flexibility index (Phi) is 1.33. The summed E-state index contributed by atoms with van der Waals surface area (Å²) < 4.78 is 1.53. The molecule has 4 nitrogen and oxygen atoms in total. The van der Waals surface area contributed by atoms with E-state index in [1.807, 2.05) is 12.1 Å². The fraction of sp³-hybridized carbons (Fsp3) is 0. The maximum atomic E-state index is 10.5. The average Bonchev–Trinajstić information content (AvgIpc) is 2.49. The Bertz CT molecular complexity index is 433. The van der Waals surface area contributed by atoms with Crippen molar-refractivity contribution in [2.45, 2.75) is 0 Å². The number of hydrogen-bond donors (Lipinski definition) is 1. The van der Waals surface area contributed by atoms with Crippen LogP contribution >= 0.6 is 0 Å². The van der Waals surface area contributed by atoms with Crippen LogP contribution < -0.4 is 0 Å². The molecule has 4 heteroatoms. The average molecular weight is 162 g/mol. The van der Waals surface area contributed by atoms with Gasteiger partial charge in [0.2, 0.25) is 0 Å². The Morgan fingerprint density at radius 3 is 3.00 bits per heavy atom. The molecule has 0 atom stereocenters. The second-order valence-electron chi connectivity index (χ2n) is 2.40. The van der Waals surface area contributed by atoms with Crippen LogP contribution in [0.1, 0.15) is 10.5 Å². The molecule has 0 aliphatic carbocycles.